The quantitative estimate of drug-likeness (QED) is 0.816. The number of terminal acetylenes is 1. The monoisotopic (exact) mass is 346 g/mol. The summed E-state index contributed by atoms with van der Waals surface area (Å²) < 4.78 is 39.6. The summed E-state index contributed by atoms with van der Waals surface area (Å²) >= 11 is 0. The third-order valence-corrected chi connectivity index (χ3v) is 4.62. The van der Waals surface area contributed by atoms with Gasteiger partial charge in [0.1, 0.15) is 5.82 Å². The van der Waals surface area contributed by atoms with Crippen LogP contribution < -0.4 is 10.0 Å². The van der Waals surface area contributed by atoms with Gasteiger partial charge in [-0.25, -0.2) is 12.8 Å². The molecule has 7 heteroatoms. The van der Waals surface area contributed by atoms with Crippen LogP contribution in [-0.2, 0) is 10.0 Å². The van der Waals surface area contributed by atoms with Gasteiger partial charge in [0.15, 0.2) is 0 Å². The molecule has 0 saturated carbocycles. The number of hydrogen-bond donors (Lipinski definition) is 2. The molecule has 0 atom stereocenters. The zero-order valence-electron chi connectivity index (χ0n) is 12.8. The highest BCUT2D eigenvalue weighted by Gasteiger charge is 2.16. The van der Waals surface area contributed by atoms with Gasteiger partial charge in [0.05, 0.1) is 11.4 Å². The molecular formula is C17H15FN2O3S. The molecular weight excluding hydrogens is 331 g/mol. The fraction of sp³-hybridized carbons (Fsp3) is 0.118. The van der Waals surface area contributed by atoms with E-state index < -0.39 is 21.7 Å². The van der Waals surface area contributed by atoms with Crippen LogP contribution in [0, 0.1) is 25.1 Å². The van der Waals surface area contributed by atoms with E-state index >= 15 is 0 Å². The number of amides is 1. The van der Waals surface area contributed by atoms with Crippen LogP contribution >= 0.6 is 0 Å². The Kier molecular flexibility index (Phi) is 5.34. The van der Waals surface area contributed by atoms with Gasteiger partial charge in [0.2, 0.25) is 10.0 Å². The van der Waals surface area contributed by atoms with Crippen LogP contribution in [0.1, 0.15) is 15.9 Å². The second-order valence-corrected chi connectivity index (χ2v) is 6.74. The smallest absolute Gasteiger partial charge is 0.255 e. The molecule has 1 amide bonds. The number of nitrogens with one attached hydrogen (secondary N) is 2. The average Bonchev–Trinajstić information content (AvgIpc) is 2.56. The molecule has 0 aliphatic rings. The van der Waals surface area contributed by atoms with E-state index in [2.05, 4.69) is 16.0 Å². The van der Waals surface area contributed by atoms with E-state index in [1.807, 2.05) is 0 Å². The molecule has 2 rings (SSSR count). The Labute approximate surface area is 139 Å². The molecule has 124 valence electrons. The van der Waals surface area contributed by atoms with E-state index in [4.69, 9.17) is 6.42 Å². The summed E-state index contributed by atoms with van der Waals surface area (Å²) in [6.07, 6.45) is 5.03. The van der Waals surface area contributed by atoms with E-state index in [1.54, 1.807) is 6.92 Å². The molecule has 0 heterocycles. The maximum atomic E-state index is 13.3. The first kappa shape index (κ1) is 17.7. The third-order valence-electron chi connectivity index (χ3n) is 3.22. The normalized spacial score (nSPS) is 10.9. The second-order valence-electron chi connectivity index (χ2n) is 4.97. The molecule has 24 heavy (non-hydrogen) atoms. The van der Waals surface area contributed by atoms with Gasteiger partial charge in [-0.05, 0) is 42.8 Å². The zero-order chi connectivity index (χ0) is 17.7. The van der Waals surface area contributed by atoms with Gasteiger partial charge in [-0.15, -0.1) is 6.42 Å². The van der Waals surface area contributed by atoms with E-state index in [1.165, 1.54) is 42.5 Å². The summed E-state index contributed by atoms with van der Waals surface area (Å²) in [6, 6.07) is 9.50. The van der Waals surface area contributed by atoms with Crippen molar-refractivity contribution in [3.8, 4) is 12.3 Å². The van der Waals surface area contributed by atoms with Crippen molar-refractivity contribution in [3.05, 3.63) is 59.4 Å². The van der Waals surface area contributed by atoms with Crippen molar-refractivity contribution in [3.63, 3.8) is 0 Å². The van der Waals surface area contributed by atoms with Gasteiger partial charge >= 0.3 is 0 Å². The van der Waals surface area contributed by atoms with Crippen LogP contribution in [0.25, 0.3) is 0 Å². The molecule has 0 unspecified atom stereocenters. The van der Waals surface area contributed by atoms with Gasteiger partial charge in [0.25, 0.3) is 5.91 Å². The SMILES string of the molecule is C#CCNS(=O)(=O)c1cccc(C(=O)Nc2cc(F)ccc2C)c1. The Hall–Kier alpha value is -2.69. The Morgan fingerprint density at radius 1 is 1.25 bits per heavy atom. The van der Waals surface area contributed by atoms with Crippen LogP contribution in [0.2, 0.25) is 0 Å². The molecule has 0 spiro atoms. The number of hydrogen-bond acceptors (Lipinski definition) is 3. The lowest BCUT2D eigenvalue weighted by atomic mass is 10.1. The van der Waals surface area contributed by atoms with Gasteiger partial charge < -0.3 is 5.32 Å². The van der Waals surface area contributed by atoms with Crippen molar-refractivity contribution in [1.29, 1.82) is 0 Å². The molecule has 0 fully saturated rings. The fourth-order valence-corrected chi connectivity index (χ4v) is 2.93. The van der Waals surface area contributed by atoms with Gasteiger partial charge in [-0.3, -0.25) is 4.79 Å². The van der Waals surface area contributed by atoms with E-state index in [-0.39, 0.29) is 17.0 Å². The lowest BCUT2D eigenvalue weighted by molar-refractivity contribution is 0.102. The molecule has 0 aromatic heterocycles. The number of halogens is 1. The number of sulfonamides is 1. The minimum absolute atomic E-state index is 0.0821. The average molecular weight is 346 g/mol. The third kappa shape index (κ3) is 4.19. The van der Waals surface area contributed by atoms with Crippen molar-refractivity contribution in [2.45, 2.75) is 11.8 Å². The van der Waals surface area contributed by atoms with Crippen molar-refractivity contribution >= 4 is 21.6 Å². The predicted octanol–water partition coefficient (Wildman–Crippen LogP) is 2.30. The van der Waals surface area contributed by atoms with Gasteiger partial charge in [-0.1, -0.05) is 18.1 Å². The second kappa shape index (κ2) is 7.25. The maximum Gasteiger partial charge on any atom is 0.255 e. The highest BCUT2D eigenvalue weighted by molar-refractivity contribution is 7.89. The number of aryl methyl sites for hydroxylation is 1. The minimum atomic E-state index is -3.80. The summed E-state index contributed by atoms with van der Waals surface area (Å²) in [5.74, 6) is 1.15. The number of anilines is 1. The van der Waals surface area contributed by atoms with Crippen molar-refractivity contribution < 1.29 is 17.6 Å². The summed E-state index contributed by atoms with van der Waals surface area (Å²) in [6.45, 7) is 1.57. The number of carbonyl (C=O) groups excluding carboxylic acids is 1. The molecule has 2 aromatic rings. The molecule has 5 nitrogen and oxygen atoms in total. The maximum absolute atomic E-state index is 13.3. The fourth-order valence-electron chi connectivity index (χ4n) is 1.95. The largest absolute Gasteiger partial charge is 0.322 e. The highest BCUT2D eigenvalue weighted by atomic mass is 32.2. The zero-order valence-corrected chi connectivity index (χ0v) is 13.7. The molecule has 0 bridgehead atoms. The Bertz CT molecular complexity index is 918. The molecule has 0 radical (unpaired) electrons. The number of carbonyl (C=O) groups is 1. The summed E-state index contributed by atoms with van der Waals surface area (Å²) in [4.78, 5) is 12.2. The number of benzene rings is 2. The highest BCUT2D eigenvalue weighted by Crippen LogP contribution is 2.18. The van der Waals surface area contributed by atoms with E-state index in [9.17, 15) is 17.6 Å². The van der Waals surface area contributed by atoms with Crippen molar-refractivity contribution in [2.75, 3.05) is 11.9 Å². The predicted molar refractivity (Wildman–Crippen MR) is 89.6 cm³/mol. The van der Waals surface area contributed by atoms with E-state index in [0.717, 1.165) is 0 Å². The minimum Gasteiger partial charge on any atom is -0.322 e. The van der Waals surface area contributed by atoms with Crippen LogP contribution in [0.5, 0.6) is 0 Å². The van der Waals surface area contributed by atoms with Gasteiger partial charge in [0, 0.05) is 11.3 Å². The van der Waals surface area contributed by atoms with Crippen LogP contribution in [0.15, 0.2) is 47.4 Å². The molecule has 0 aliphatic heterocycles. The lowest BCUT2D eigenvalue weighted by Gasteiger charge is -2.10. The summed E-state index contributed by atoms with van der Waals surface area (Å²) in [7, 11) is -3.80. The van der Waals surface area contributed by atoms with Crippen molar-refractivity contribution in [2.24, 2.45) is 0 Å². The van der Waals surface area contributed by atoms with Crippen LogP contribution in [0.3, 0.4) is 0 Å². The first-order chi connectivity index (χ1) is 11.3. The molecule has 2 N–H and O–H groups in total. The Balaban J connectivity index is 2.27. The van der Waals surface area contributed by atoms with Gasteiger partial charge in [-0.2, -0.15) is 4.72 Å². The first-order valence-electron chi connectivity index (χ1n) is 6.94. The topological polar surface area (TPSA) is 75.3 Å². The molecule has 0 saturated heterocycles. The summed E-state index contributed by atoms with van der Waals surface area (Å²) in [5, 5.41) is 2.56. The Morgan fingerprint density at radius 3 is 2.71 bits per heavy atom. The lowest BCUT2D eigenvalue weighted by Crippen LogP contribution is -2.24. The summed E-state index contributed by atoms with van der Waals surface area (Å²) in [5.41, 5.74) is 1.13. The van der Waals surface area contributed by atoms with Crippen molar-refractivity contribution in [1.82, 2.24) is 4.72 Å². The molecule has 0 aliphatic carbocycles. The van der Waals surface area contributed by atoms with E-state index in [0.29, 0.717) is 11.3 Å². The van der Waals surface area contributed by atoms with Crippen LogP contribution in [-0.4, -0.2) is 20.9 Å². The molecule has 2 aromatic carbocycles. The standard InChI is InChI=1S/C17H15FN2O3S/c1-3-9-19-24(22,23)15-6-4-5-13(10-15)17(21)20-16-11-14(18)8-7-12(16)2/h1,4-8,10-11,19H,9H2,2H3,(H,20,21). The first-order valence-corrected chi connectivity index (χ1v) is 8.42. The Morgan fingerprint density at radius 2 is 2.00 bits per heavy atom. The van der Waals surface area contributed by atoms with Crippen LogP contribution in [0.4, 0.5) is 10.1 Å². The number of rotatable bonds is 5.